The van der Waals surface area contributed by atoms with Crippen LogP contribution < -0.4 is 4.74 Å². The number of aryl methyl sites for hydroxylation is 1. The monoisotopic (exact) mass is 400 g/mol. The summed E-state index contributed by atoms with van der Waals surface area (Å²) in [5, 5.41) is 21.2. The average molecular weight is 401 g/mol. The number of rotatable bonds is 7. The van der Waals surface area contributed by atoms with E-state index in [0.29, 0.717) is 13.0 Å². The van der Waals surface area contributed by atoms with Crippen molar-refractivity contribution in [2.45, 2.75) is 64.1 Å². The number of hydrogen-bond donors (Lipinski definition) is 2. The zero-order valence-electron chi connectivity index (χ0n) is 17.7. The molecule has 2 aromatic carbocycles. The predicted molar refractivity (Wildman–Crippen MR) is 112 cm³/mol. The summed E-state index contributed by atoms with van der Waals surface area (Å²) in [5.41, 5.74) is 4.15. The standard InChI is InChI=1S/C24H32O5/c1-5-20-15-22(25)23(26)24(27-4,29-20)19-10-7-16(3)18(14-19)13-17-8-11-21(12-9-17)28-6-2/h7-12,14,20,22-23,25-26H,5-6,13,15H2,1-4H3/t20-,22+,23-,24?/m1/s1. The SMILES string of the molecule is CCOc1ccc(Cc2cc(C3(OC)O[C@H](CC)C[C@H](O)[C@H]3O)ccc2C)cc1. The Labute approximate surface area is 173 Å². The summed E-state index contributed by atoms with van der Waals surface area (Å²) in [4.78, 5) is 0. The highest BCUT2D eigenvalue weighted by atomic mass is 16.7. The van der Waals surface area contributed by atoms with E-state index in [4.69, 9.17) is 14.2 Å². The van der Waals surface area contributed by atoms with E-state index in [1.165, 1.54) is 7.11 Å². The molecule has 1 saturated heterocycles. The maximum atomic E-state index is 10.8. The van der Waals surface area contributed by atoms with Gasteiger partial charge in [-0.2, -0.15) is 0 Å². The highest BCUT2D eigenvalue weighted by Crippen LogP contribution is 2.40. The topological polar surface area (TPSA) is 68.2 Å². The third-order valence-electron chi connectivity index (χ3n) is 5.74. The molecule has 0 radical (unpaired) electrons. The highest BCUT2D eigenvalue weighted by molar-refractivity contribution is 5.39. The maximum Gasteiger partial charge on any atom is 0.224 e. The van der Waals surface area contributed by atoms with E-state index >= 15 is 0 Å². The van der Waals surface area contributed by atoms with Crippen LogP contribution in [0.25, 0.3) is 0 Å². The van der Waals surface area contributed by atoms with E-state index in [9.17, 15) is 10.2 Å². The van der Waals surface area contributed by atoms with Crippen LogP contribution in [-0.2, 0) is 21.7 Å². The van der Waals surface area contributed by atoms with Crippen molar-refractivity contribution in [2.75, 3.05) is 13.7 Å². The molecule has 5 nitrogen and oxygen atoms in total. The van der Waals surface area contributed by atoms with Crippen LogP contribution in [0.2, 0.25) is 0 Å². The Morgan fingerprint density at radius 2 is 1.83 bits per heavy atom. The van der Waals surface area contributed by atoms with Gasteiger partial charge in [0.25, 0.3) is 0 Å². The van der Waals surface area contributed by atoms with Crippen molar-refractivity contribution in [2.24, 2.45) is 0 Å². The number of benzene rings is 2. The number of ether oxygens (including phenoxy) is 3. The number of hydrogen-bond acceptors (Lipinski definition) is 5. The van der Waals surface area contributed by atoms with Crippen LogP contribution >= 0.6 is 0 Å². The molecule has 1 fully saturated rings. The van der Waals surface area contributed by atoms with Gasteiger partial charge in [-0.25, -0.2) is 0 Å². The molecular formula is C24H32O5. The van der Waals surface area contributed by atoms with Gasteiger partial charge < -0.3 is 24.4 Å². The Bertz CT molecular complexity index is 803. The van der Waals surface area contributed by atoms with Crippen molar-refractivity contribution in [3.8, 4) is 5.75 Å². The van der Waals surface area contributed by atoms with Crippen LogP contribution in [0, 0.1) is 6.92 Å². The first-order valence-corrected chi connectivity index (χ1v) is 10.3. The van der Waals surface area contributed by atoms with Crippen molar-refractivity contribution < 1.29 is 24.4 Å². The summed E-state index contributed by atoms with van der Waals surface area (Å²) < 4.78 is 17.4. The minimum Gasteiger partial charge on any atom is -0.494 e. The minimum absolute atomic E-state index is 0.177. The lowest BCUT2D eigenvalue weighted by atomic mass is 9.87. The van der Waals surface area contributed by atoms with Crippen LogP contribution in [0.1, 0.15) is 48.9 Å². The minimum atomic E-state index is -1.38. The first-order valence-electron chi connectivity index (χ1n) is 10.3. The average Bonchev–Trinajstić information content (AvgIpc) is 2.73. The van der Waals surface area contributed by atoms with Gasteiger partial charge in [0.15, 0.2) is 0 Å². The fraction of sp³-hybridized carbons (Fsp3) is 0.500. The molecule has 1 heterocycles. The maximum absolute atomic E-state index is 10.8. The molecule has 3 rings (SSSR count). The summed E-state index contributed by atoms with van der Waals surface area (Å²) in [7, 11) is 1.51. The summed E-state index contributed by atoms with van der Waals surface area (Å²) in [5.74, 6) is -0.516. The van der Waals surface area contributed by atoms with Crippen LogP contribution in [0.3, 0.4) is 0 Å². The zero-order valence-corrected chi connectivity index (χ0v) is 17.7. The molecule has 4 atom stereocenters. The first kappa shape index (κ1) is 21.8. The normalized spacial score (nSPS) is 27.0. The van der Waals surface area contributed by atoms with Crippen molar-refractivity contribution in [3.05, 3.63) is 64.7 Å². The third kappa shape index (κ3) is 4.48. The Morgan fingerprint density at radius 3 is 2.45 bits per heavy atom. The molecule has 5 heteroatoms. The lowest BCUT2D eigenvalue weighted by Crippen LogP contribution is -2.56. The lowest BCUT2D eigenvalue weighted by molar-refractivity contribution is -0.342. The smallest absolute Gasteiger partial charge is 0.224 e. The third-order valence-corrected chi connectivity index (χ3v) is 5.74. The van der Waals surface area contributed by atoms with Gasteiger partial charge in [-0.1, -0.05) is 31.2 Å². The fourth-order valence-corrected chi connectivity index (χ4v) is 3.96. The van der Waals surface area contributed by atoms with E-state index in [2.05, 4.69) is 19.1 Å². The van der Waals surface area contributed by atoms with Crippen molar-refractivity contribution in [3.63, 3.8) is 0 Å². The Balaban J connectivity index is 1.92. The van der Waals surface area contributed by atoms with Crippen LogP contribution in [-0.4, -0.2) is 42.2 Å². The van der Waals surface area contributed by atoms with Gasteiger partial charge in [0.1, 0.15) is 11.9 Å². The van der Waals surface area contributed by atoms with Crippen LogP contribution in [0.4, 0.5) is 0 Å². The van der Waals surface area contributed by atoms with Gasteiger partial charge in [-0.3, -0.25) is 0 Å². The van der Waals surface area contributed by atoms with Gasteiger partial charge >= 0.3 is 0 Å². The molecule has 158 valence electrons. The van der Waals surface area contributed by atoms with Crippen LogP contribution in [0.5, 0.6) is 5.75 Å². The molecule has 0 spiro atoms. The van der Waals surface area contributed by atoms with Gasteiger partial charge in [-0.15, -0.1) is 0 Å². The summed E-state index contributed by atoms with van der Waals surface area (Å²) in [6.07, 6.45) is -0.361. The van der Waals surface area contributed by atoms with Gasteiger partial charge in [0.05, 0.1) is 18.8 Å². The van der Waals surface area contributed by atoms with E-state index in [1.54, 1.807) is 0 Å². The fourth-order valence-electron chi connectivity index (χ4n) is 3.96. The molecule has 1 aliphatic rings. The molecule has 29 heavy (non-hydrogen) atoms. The summed E-state index contributed by atoms with van der Waals surface area (Å²) >= 11 is 0. The quantitative estimate of drug-likeness (QED) is 0.742. The molecule has 0 saturated carbocycles. The highest BCUT2D eigenvalue weighted by Gasteiger charge is 2.50. The molecular weight excluding hydrogens is 368 g/mol. The second kappa shape index (κ2) is 9.26. The number of methoxy groups -OCH3 is 1. The molecule has 1 aliphatic heterocycles. The van der Waals surface area contributed by atoms with E-state index < -0.39 is 18.0 Å². The molecule has 1 unspecified atom stereocenters. The van der Waals surface area contributed by atoms with E-state index in [0.717, 1.165) is 40.8 Å². The molecule has 2 N–H and O–H groups in total. The molecule has 0 amide bonds. The van der Waals surface area contributed by atoms with Crippen LogP contribution in [0.15, 0.2) is 42.5 Å². The zero-order chi connectivity index (χ0) is 21.0. The Kier molecular flexibility index (Phi) is 6.96. The Morgan fingerprint density at radius 1 is 1.10 bits per heavy atom. The molecule has 0 bridgehead atoms. The summed E-state index contributed by atoms with van der Waals surface area (Å²) in [6, 6.07) is 14.0. The first-order chi connectivity index (χ1) is 13.9. The molecule has 0 aromatic heterocycles. The Hall–Kier alpha value is -1.92. The van der Waals surface area contributed by atoms with Crippen molar-refractivity contribution >= 4 is 0 Å². The van der Waals surface area contributed by atoms with Gasteiger partial charge in [0.2, 0.25) is 5.79 Å². The summed E-state index contributed by atoms with van der Waals surface area (Å²) in [6.45, 7) is 6.68. The predicted octanol–water partition coefficient (Wildman–Crippen LogP) is 3.70. The van der Waals surface area contributed by atoms with Gasteiger partial charge in [0, 0.05) is 19.1 Å². The van der Waals surface area contributed by atoms with Crippen molar-refractivity contribution in [1.82, 2.24) is 0 Å². The second-order valence-electron chi connectivity index (χ2n) is 7.66. The van der Waals surface area contributed by atoms with E-state index in [-0.39, 0.29) is 6.10 Å². The molecule has 2 aromatic rings. The number of aliphatic hydroxyl groups is 2. The number of aliphatic hydroxyl groups excluding tert-OH is 2. The lowest BCUT2D eigenvalue weighted by Gasteiger charge is -2.46. The van der Waals surface area contributed by atoms with Gasteiger partial charge in [-0.05, 0) is 61.6 Å². The van der Waals surface area contributed by atoms with E-state index in [1.807, 2.05) is 44.2 Å². The second-order valence-corrected chi connectivity index (χ2v) is 7.66. The largest absolute Gasteiger partial charge is 0.494 e. The van der Waals surface area contributed by atoms with Crippen molar-refractivity contribution in [1.29, 1.82) is 0 Å². The molecule has 0 aliphatic carbocycles.